The van der Waals surface area contributed by atoms with Gasteiger partial charge in [-0.15, -0.1) is 0 Å². The average molecular weight is 318 g/mol. The van der Waals surface area contributed by atoms with Crippen LogP contribution in [-0.4, -0.2) is 24.5 Å². The van der Waals surface area contributed by atoms with Crippen LogP contribution in [0.5, 0.6) is 0 Å². The summed E-state index contributed by atoms with van der Waals surface area (Å²) < 4.78 is 4.79. The highest BCUT2D eigenvalue weighted by Crippen LogP contribution is 2.07. The molecular weight excluding hydrogens is 304 g/mol. The quantitative estimate of drug-likeness (QED) is 0.825. The maximum absolute atomic E-state index is 11.5. The van der Waals surface area contributed by atoms with Gasteiger partial charge in [0.2, 0.25) is 0 Å². The van der Waals surface area contributed by atoms with Crippen molar-refractivity contribution in [3.63, 3.8) is 0 Å². The van der Waals surface area contributed by atoms with Crippen LogP contribution in [0.2, 0.25) is 0 Å². The van der Waals surface area contributed by atoms with Gasteiger partial charge < -0.3 is 10.1 Å². The number of esters is 1. The zero-order chi connectivity index (χ0) is 15.8. The monoisotopic (exact) mass is 318 g/mol. The summed E-state index contributed by atoms with van der Waals surface area (Å²) in [4.78, 5) is 34.5. The van der Waals surface area contributed by atoms with Gasteiger partial charge in [-0.1, -0.05) is 30.3 Å². The fourth-order valence-electron chi connectivity index (χ4n) is 1.58. The van der Waals surface area contributed by atoms with Crippen molar-refractivity contribution in [1.82, 2.24) is 10.6 Å². The van der Waals surface area contributed by atoms with Crippen LogP contribution in [0.3, 0.4) is 0 Å². The topological polar surface area (TPSA) is 84.5 Å². The van der Waals surface area contributed by atoms with Crippen molar-refractivity contribution >= 4 is 29.2 Å². The largest absolute Gasteiger partial charge is 0.452 e. The molecule has 2 rings (SSSR count). The van der Waals surface area contributed by atoms with Crippen LogP contribution >= 0.6 is 11.3 Å². The number of carbonyl (C=O) groups excluding carboxylic acids is 3. The average Bonchev–Trinajstić information content (AvgIpc) is 3.06. The normalized spacial score (nSPS) is 9.82. The molecular formula is C15H14N2O4S. The summed E-state index contributed by atoms with van der Waals surface area (Å²) in [6.45, 7) is -0.206. The van der Waals surface area contributed by atoms with Crippen molar-refractivity contribution in [3.05, 3.63) is 58.3 Å². The van der Waals surface area contributed by atoms with Gasteiger partial charge in [0, 0.05) is 11.9 Å². The molecule has 0 aliphatic rings. The minimum atomic E-state index is -0.686. The molecule has 0 unspecified atom stereocenters. The minimum Gasteiger partial charge on any atom is -0.452 e. The van der Waals surface area contributed by atoms with Crippen molar-refractivity contribution in [2.45, 2.75) is 6.54 Å². The number of carbonyl (C=O) groups is 3. The van der Waals surface area contributed by atoms with E-state index in [1.807, 2.05) is 30.3 Å². The van der Waals surface area contributed by atoms with Crippen LogP contribution in [0.25, 0.3) is 0 Å². The van der Waals surface area contributed by atoms with Gasteiger partial charge in [-0.25, -0.2) is 9.59 Å². The van der Waals surface area contributed by atoms with Gasteiger partial charge in [0.1, 0.15) is 0 Å². The first-order chi connectivity index (χ1) is 10.6. The Kier molecular flexibility index (Phi) is 5.67. The predicted molar refractivity (Wildman–Crippen MR) is 81.4 cm³/mol. The number of thiophene rings is 1. The smallest absolute Gasteiger partial charge is 0.339 e. The second-order valence-corrected chi connectivity index (χ2v) is 5.08. The van der Waals surface area contributed by atoms with Gasteiger partial charge in [-0.3, -0.25) is 10.1 Å². The summed E-state index contributed by atoms with van der Waals surface area (Å²) in [7, 11) is 0. The molecule has 6 nitrogen and oxygen atoms in total. The molecule has 3 amide bonds. The van der Waals surface area contributed by atoms with Crippen LogP contribution in [-0.2, 0) is 16.1 Å². The van der Waals surface area contributed by atoms with Gasteiger partial charge >= 0.3 is 12.0 Å². The number of benzene rings is 1. The second-order valence-electron chi connectivity index (χ2n) is 4.30. The molecule has 22 heavy (non-hydrogen) atoms. The number of imide groups is 1. The van der Waals surface area contributed by atoms with E-state index < -0.39 is 24.5 Å². The Bertz CT molecular complexity index is 641. The standard InChI is InChI=1S/C15H14N2O4S/c18-13(9-21-14(19)12-6-7-22-10-12)17-15(20)16-8-11-4-2-1-3-5-11/h1-7,10H,8-9H2,(H2,16,17,18,20). The molecule has 1 aromatic carbocycles. The zero-order valence-corrected chi connectivity index (χ0v) is 12.4. The first-order valence-electron chi connectivity index (χ1n) is 6.46. The van der Waals surface area contributed by atoms with E-state index in [0.717, 1.165) is 5.56 Å². The van der Waals surface area contributed by atoms with Crippen molar-refractivity contribution in [2.75, 3.05) is 6.61 Å². The first kappa shape index (κ1) is 15.7. The predicted octanol–water partition coefficient (Wildman–Crippen LogP) is 1.93. The Morgan fingerprint density at radius 2 is 1.86 bits per heavy atom. The van der Waals surface area contributed by atoms with E-state index in [-0.39, 0.29) is 0 Å². The highest BCUT2D eigenvalue weighted by atomic mass is 32.1. The lowest BCUT2D eigenvalue weighted by atomic mass is 10.2. The minimum absolute atomic E-state index is 0.300. The Balaban J connectivity index is 1.68. The van der Waals surface area contributed by atoms with Crippen molar-refractivity contribution in [3.8, 4) is 0 Å². The molecule has 0 saturated heterocycles. The molecule has 0 radical (unpaired) electrons. The molecule has 7 heteroatoms. The third kappa shape index (κ3) is 5.02. The molecule has 0 fully saturated rings. The Labute approximate surface area is 131 Å². The van der Waals surface area contributed by atoms with E-state index in [2.05, 4.69) is 10.6 Å². The molecule has 114 valence electrons. The van der Waals surface area contributed by atoms with Crippen molar-refractivity contribution in [1.29, 1.82) is 0 Å². The molecule has 0 aliphatic heterocycles. The van der Waals surface area contributed by atoms with E-state index in [1.54, 1.807) is 16.8 Å². The molecule has 1 aromatic heterocycles. The van der Waals surface area contributed by atoms with E-state index >= 15 is 0 Å². The van der Waals surface area contributed by atoms with Gasteiger partial charge in [-0.2, -0.15) is 11.3 Å². The Morgan fingerprint density at radius 1 is 1.09 bits per heavy atom. The van der Waals surface area contributed by atoms with Gasteiger partial charge in [0.15, 0.2) is 6.61 Å². The van der Waals surface area contributed by atoms with Crippen molar-refractivity contribution in [2.24, 2.45) is 0 Å². The Hall–Kier alpha value is -2.67. The fourth-order valence-corrected chi connectivity index (χ4v) is 2.21. The highest BCUT2D eigenvalue weighted by molar-refractivity contribution is 7.08. The van der Waals surface area contributed by atoms with Gasteiger partial charge in [0.05, 0.1) is 5.56 Å². The lowest BCUT2D eigenvalue weighted by molar-refractivity contribution is -0.123. The third-order valence-electron chi connectivity index (χ3n) is 2.64. The van der Waals surface area contributed by atoms with Crippen molar-refractivity contribution < 1.29 is 19.1 Å². The molecule has 0 aliphatic carbocycles. The summed E-state index contributed by atoms with van der Waals surface area (Å²) in [6.07, 6.45) is 0. The van der Waals surface area contributed by atoms with Crippen LogP contribution in [0, 0.1) is 0 Å². The number of urea groups is 1. The molecule has 0 atom stereocenters. The van der Waals surface area contributed by atoms with E-state index in [4.69, 9.17) is 4.74 Å². The van der Waals surface area contributed by atoms with Crippen LogP contribution in [0.15, 0.2) is 47.2 Å². The Morgan fingerprint density at radius 3 is 2.55 bits per heavy atom. The number of hydrogen-bond donors (Lipinski definition) is 2. The fraction of sp³-hybridized carbons (Fsp3) is 0.133. The maximum atomic E-state index is 11.5. The van der Waals surface area contributed by atoms with Gasteiger partial charge in [-0.05, 0) is 17.0 Å². The van der Waals surface area contributed by atoms with E-state index in [0.29, 0.717) is 12.1 Å². The van der Waals surface area contributed by atoms with E-state index in [1.165, 1.54) is 11.3 Å². The first-order valence-corrected chi connectivity index (χ1v) is 7.40. The molecule has 2 aromatic rings. The lowest BCUT2D eigenvalue weighted by Crippen LogP contribution is -2.41. The second kappa shape index (κ2) is 7.94. The molecule has 0 bridgehead atoms. The van der Waals surface area contributed by atoms with Crippen LogP contribution in [0.1, 0.15) is 15.9 Å². The summed E-state index contributed by atoms with van der Waals surface area (Å²) >= 11 is 1.35. The summed E-state index contributed by atoms with van der Waals surface area (Å²) in [5.74, 6) is -1.28. The number of hydrogen-bond acceptors (Lipinski definition) is 5. The van der Waals surface area contributed by atoms with Crippen LogP contribution < -0.4 is 10.6 Å². The number of rotatable bonds is 5. The highest BCUT2D eigenvalue weighted by Gasteiger charge is 2.12. The maximum Gasteiger partial charge on any atom is 0.339 e. The summed E-state index contributed by atoms with van der Waals surface area (Å²) in [6, 6.07) is 10.2. The summed E-state index contributed by atoms with van der Waals surface area (Å²) in [5.41, 5.74) is 1.29. The number of ether oxygens (including phenoxy) is 1. The summed E-state index contributed by atoms with van der Waals surface area (Å²) in [5, 5.41) is 7.97. The van der Waals surface area contributed by atoms with Gasteiger partial charge in [0.25, 0.3) is 5.91 Å². The molecule has 1 heterocycles. The molecule has 0 spiro atoms. The van der Waals surface area contributed by atoms with Crippen LogP contribution in [0.4, 0.5) is 4.79 Å². The number of nitrogens with one attached hydrogen (secondary N) is 2. The lowest BCUT2D eigenvalue weighted by Gasteiger charge is -2.07. The molecule has 2 N–H and O–H groups in total. The molecule has 0 saturated carbocycles. The third-order valence-corrected chi connectivity index (χ3v) is 3.32. The number of amides is 3. The zero-order valence-electron chi connectivity index (χ0n) is 11.6. The SMILES string of the molecule is O=C(COC(=O)c1ccsc1)NC(=O)NCc1ccccc1. The van der Waals surface area contributed by atoms with E-state index in [9.17, 15) is 14.4 Å².